The second-order valence-electron chi connectivity index (χ2n) is 2.69. The fourth-order valence-electron chi connectivity index (χ4n) is 1.01. The number of esters is 1. The van der Waals surface area contributed by atoms with Gasteiger partial charge in [0, 0.05) is 16.7 Å². The molecule has 0 atom stereocenters. The van der Waals surface area contributed by atoms with Gasteiger partial charge in [0.1, 0.15) is 10.7 Å². The first-order valence-electron chi connectivity index (χ1n) is 4.08. The summed E-state index contributed by atoms with van der Waals surface area (Å²) in [5.41, 5.74) is 0. The van der Waals surface area contributed by atoms with E-state index in [1.165, 1.54) is 6.92 Å². The lowest BCUT2D eigenvalue weighted by atomic mass is 10.4. The minimum atomic E-state index is -3.89. The first-order valence-corrected chi connectivity index (χ1v) is 6.39. The zero-order chi connectivity index (χ0) is 11.6. The van der Waals surface area contributed by atoms with Gasteiger partial charge < -0.3 is 9.15 Å². The number of hydrogen-bond donors (Lipinski definition) is 0. The molecule has 15 heavy (non-hydrogen) atoms. The highest BCUT2D eigenvalue weighted by atomic mass is 35.7. The molecule has 0 amide bonds. The average Bonchev–Trinajstić information content (AvgIpc) is 2.47. The Labute approximate surface area is 91.4 Å². The fourth-order valence-corrected chi connectivity index (χ4v) is 2.10. The second-order valence-corrected chi connectivity index (χ2v) is 5.22. The summed E-state index contributed by atoms with van der Waals surface area (Å²) in [6.45, 7) is 3.21. The Morgan fingerprint density at radius 1 is 1.60 bits per heavy atom. The normalized spacial score (nSPS) is 11.4. The molecule has 0 spiro atoms. The standard InChI is InChI=1S/C8H9ClO5S/c1-3-13-8(10)6-4-7(5(2)14-6)15(9,11)12/h4H,3H2,1-2H3. The zero-order valence-electron chi connectivity index (χ0n) is 8.11. The number of aryl methyl sites for hydroxylation is 1. The highest BCUT2D eigenvalue weighted by Crippen LogP contribution is 2.23. The highest BCUT2D eigenvalue weighted by molar-refractivity contribution is 8.13. The van der Waals surface area contributed by atoms with Gasteiger partial charge in [0.2, 0.25) is 5.76 Å². The Morgan fingerprint density at radius 3 is 2.60 bits per heavy atom. The minimum absolute atomic E-state index is 0.0630. The molecule has 1 rings (SSSR count). The lowest BCUT2D eigenvalue weighted by Gasteiger charge is -1.95. The minimum Gasteiger partial charge on any atom is -0.460 e. The predicted molar refractivity (Wildman–Crippen MR) is 52.4 cm³/mol. The summed E-state index contributed by atoms with van der Waals surface area (Å²) in [5, 5.41) is 0. The molecule has 0 bridgehead atoms. The van der Waals surface area contributed by atoms with Crippen molar-refractivity contribution in [1.82, 2.24) is 0 Å². The summed E-state index contributed by atoms with van der Waals surface area (Å²) >= 11 is 0. The first kappa shape index (κ1) is 12.1. The Kier molecular flexibility index (Phi) is 3.41. The van der Waals surface area contributed by atoms with Crippen molar-refractivity contribution in [3.05, 3.63) is 17.6 Å². The molecule has 0 aliphatic heterocycles. The van der Waals surface area contributed by atoms with Crippen LogP contribution < -0.4 is 0 Å². The molecule has 1 aromatic rings. The van der Waals surface area contributed by atoms with E-state index in [0.29, 0.717) is 0 Å². The SMILES string of the molecule is CCOC(=O)c1cc(S(=O)(=O)Cl)c(C)o1. The number of furan rings is 1. The van der Waals surface area contributed by atoms with Crippen molar-refractivity contribution in [2.45, 2.75) is 18.7 Å². The molecular weight excluding hydrogens is 244 g/mol. The van der Waals surface area contributed by atoms with Gasteiger partial charge in [-0.05, 0) is 13.8 Å². The van der Waals surface area contributed by atoms with Crippen LogP contribution in [0.4, 0.5) is 0 Å². The number of carbonyl (C=O) groups excluding carboxylic acids is 1. The molecule has 0 saturated heterocycles. The molecule has 0 unspecified atom stereocenters. The van der Waals surface area contributed by atoms with Crippen LogP contribution in [0.15, 0.2) is 15.4 Å². The van der Waals surface area contributed by atoms with Gasteiger partial charge in [-0.3, -0.25) is 0 Å². The Balaban J connectivity index is 3.12. The molecule has 0 aliphatic rings. The summed E-state index contributed by atoms with van der Waals surface area (Å²) in [5.74, 6) is -0.825. The lowest BCUT2D eigenvalue weighted by molar-refractivity contribution is 0.0488. The largest absolute Gasteiger partial charge is 0.460 e. The quantitative estimate of drug-likeness (QED) is 0.605. The molecule has 1 heterocycles. The van der Waals surface area contributed by atoms with Crippen molar-refractivity contribution >= 4 is 25.7 Å². The van der Waals surface area contributed by atoms with Crippen LogP contribution in [-0.4, -0.2) is 21.0 Å². The number of halogens is 1. The molecule has 0 N–H and O–H groups in total. The smallest absolute Gasteiger partial charge is 0.374 e. The molecule has 0 saturated carbocycles. The molecule has 0 aliphatic carbocycles. The molecule has 84 valence electrons. The van der Waals surface area contributed by atoms with Gasteiger partial charge >= 0.3 is 5.97 Å². The van der Waals surface area contributed by atoms with E-state index in [1.54, 1.807) is 6.92 Å². The van der Waals surface area contributed by atoms with E-state index in [-0.39, 0.29) is 23.0 Å². The van der Waals surface area contributed by atoms with Gasteiger partial charge in [-0.1, -0.05) is 0 Å². The van der Waals surface area contributed by atoms with Crippen molar-refractivity contribution in [1.29, 1.82) is 0 Å². The molecule has 0 aromatic carbocycles. The molecule has 0 fully saturated rings. The van der Waals surface area contributed by atoms with Crippen molar-refractivity contribution in [3.63, 3.8) is 0 Å². The van der Waals surface area contributed by atoms with E-state index in [0.717, 1.165) is 6.07 Å². The summed E-state index contributed by atoms with van der Waals surface area (Å²) < 4.78 is 31.6. The summed E-state index contributed by atoms with van der Waals surface area (Å²) in [4.78, 5) is 11.0. The van der Waals surface area contributed by atoms with Gasteiger partial charge in [-0.25, -0.2) is 13.2 Å². The average molecular weight is 253 g/mol. The molecule has 5 nitrogen and oxygen atoms in total. The maximum Gasteiger partial charge on any atom is 0.374 e. The number of hydrogen-bond acceptors (Lipinski definition) is 5. The Bertz CT molecular complexity index is 473. The summed E-state index contributed by atoms with van der Waals surface area (Å²) in [6.07, 6.45) is 0. The maximum absolute atomic E-state index is 11.2. The van der Waals surface area contributed by atoms with Crippen LogP contribution in [0, 0.1) is 6.92 Å². The topological polar surface area (TPSA) is 73.6 Å². The third-order valence-corrected chi connectivity index (χ3v) is 3.04. The zero-order valence-corrected chi connectivity index (χ0v) is 9.68. The molecule has 0 radical (unpaired) electrons. The third kappa shape index (κ3) is 2.73. The van der Waals surface area contributed by atoms with Crippen molar-refractivity contribution < 1.29 is 22.4 Å². The van der Waals surface area contributed by atoms with Crippen LogP contribution in [0.3, 0.4) is 0 Å². The summed E-state index contributed by atoms with van der Waals surface area (Å²) in [7, 11) is 1.23. The molecular formula is C8H9ClO5S. The van der Waals surface area contributed by atoms with Crippen molar-refractivity contribution in [2.75, 3.05) is 6.61 Å². The lowest BCUT2D eigenvalue weighted by Crippen LogP contribution is -2.02. The van der Waals surface area contributed by atoms with Crippen LogP contribution in [0.25, 0.3) is 0 Å². The van der Waals surface area contributed by atoms with Gasteiger partial charge in [-0.2, -0.15) is 0 Å². The fraction of sp³-hybridized carbons (Fsp3) is 0.375. The summed E-state index contributed by atoms with van der Waals surface area (Å²) in [6, 6.07) is 1.05. The van der Waals surface area contributed by atoms with E-state index in [9.17, 15) is 13.2 Å². The third-order valence-electron chi connectivity index (χ3n) is 1.61. The van der Waals surface area contributed by atoms with Gasteiger partial charge in [-0.15, -0.1) is 0 Å². The monoisotopic (exact) mass is 252 g/mol. The van der Waals surface area contributed by atoms with Crippen LogP contribution in [0.5, 0.6) is 0 Å². The highest BCUT2D eigenvalue weighted by Gasteiger charge is 2.22. The van der Waals surface area contributed by atoms with E-state index >= 15 is 0 Å². The second kappa shape index (κ2) is 4.24. The van der Waals surface area contributed by atoms with Gasteiger partial charge in [0.25, 0.3) is 9.05 Å². The van der Waals surface area contributed by atoms with E-state index in [4.69, 9.17) is 15.1 Å². The molecule has 1 aromatic heterocycles. The maximum atomic E-state index is 11.2. The Morgan fingerprint density at radius 2 is 2.20 bits per heavy atom. The predicted octanol–water partition coefficient (Wildman–Crippen LogP) is 1.69. The van der Waals surface area contributed by atoms with E-state index < -0.39 is 15.0 Å². The van der Waals surface area contributed by atoms with Gasteiger partial charge in [0.05, 0.1) is 6.61 Å². The Hall–Kier alpha value is -1.01. The first-order chi connectivity index (χ1) is 6.86. The van der Waals surface area contributed by atoms with Crippen LogP contribution in [0.2, 0.25) is 0 Å². The van der Waals surface area contributed by atoms with E-state index in [2.05, 4.69) is 4.74 Å². The molecule has 7 heteroatoms. The van der Waals surface area contributed by atoms with Crippen LogP contribution in [0.1, 0.15) is 23.2 Å². The van der Waals surface area contributed by atoms with Crippen LogP contribution >= 0.6 is 10.7 Å². The number of carbonyl (C=O) groups is 1. The van der Waals surface area contributed by atoms with Crippen molar-refractivity contribution in [3.8, 4) is 0 Å². The van der Waals surface area contributed by atoms with Crippen molar-refractivity contribution in [2.24, 2.45) is 0 Å². The van der Waals surface area contributed by atoms with Crippen LogP contribution in [-0.2, 0) is 13.8 Å². The number of rotatable bonds is 3. The van der Waals surface area contributed by atoms with Gasteiger partial charge in [0.15, 0.2) is 0 Å². The number of ether oxygens (including phenoxy) is 1. The van der Waals surface area contributed by atoms with E-state index in [1.807, 2.05) is 0 Å².